The Hall–Kier alpha value is -1.32. The van der Waals surface area contributed by atoms with Crippen LogP contribution < -0.4 is 10.2 Å². The lowest BCUT2D eigenvalue weighted by Gasteiger charge is -2.32. The first-order valence-electron chi connectivity index (χ1n) is 6.53. The van der Waals surface area contributed by atoms with Crippen molar-refractivity contribution in [3.63, 3.8) is 0 Å². The van der Waals surface area contributed by atoms with Gasteiger partial charge in [-0.25, -0.2) is 9.97 Å². The number of hydrogen-bond acceptors (Lipinski definition) is 4. The summed E-state index contributed by atoms with van der Waals surface area (Å²) < 4.78 is 0. The second-order valence-electron chi connectivity index (χ2n) is 4.89. The minimum atomic E-state index is 0.678. The lowest BCUT2D eigenvalue weighted by molar-refractivity contribution is 0.591. The summed E-state index contributed by atoms with van der Waals surface area (Å²) in [7, 11) is 0. The molecule has 94 valence electrons. The average molecular weight is 234 g/mol. The molecule has 4 nitrogen and oxygen atoms in total. The van der Waals surface area contributed by atoms with Gasteiger partial charge in [0.2, 0.25) is 0 Å². The Morgan fingerprint density at radius 1 is 1.41 bits per heavy atom. The molecule has 0 bridgehead atoms. The summed E-state index contributed by atoms with van der Waals surface area (Å²) in [4.78, 5) is 11.2. The van der Waals surface area contributed by atoms with Crippen molar-refractivity contribution in [1.82, 2.24) is 9.97 Å². The van der Waals surface area contributed by atoms with Crippen LogP contribution in [0, 0.1) is 12.8 Å². The van der Waals surface area contributed by atoms with Crippen LogP contribution in [-0.4, -0.2) is 29.6 Å². The minimum absolute atomic E-state index is 0.678. The molecule has 2 rings (SSSR count). The Morgan fingerprint density at radius 2 is 2.18 bits per heavy atom. The topological polar surface area (TPSA) is 41.0 Å². The fourth-order valence-corrected chi connectivity index (χ4v) is 1.77. The second kappa shape index (κ2) is 5.34. The molecule has 0 spiro atoms. The van der Waals surface area contributed by atoms with Crippen LogP contribution in [-0.2, 0) is 0 Å². The maximum absolute atomic E-state index is 4.48. The molecule has 0 aromatic carbocycles. The summed E-state index contributed by atoms with van der Waals surface area (Å²) >= 11 is 0. The largest absolute Gasteiger partial charge is 0.370 e. The number of aromatic nitrogens is 2. The van der Waals surface area contributed by atoms with Gasteiger partial charge < -0.3 is 10.2 Å². The summed E-state index contributed by atoms with van der Waals surface area (Å²) in [5, 5.41) is 3.40. The molecule has 1 atom stereocenters. The van der Waals surface area contributed by atoms with E-state index in [0.29, 0.717) is 5.92 Å². The zero-order valence-corrected chi connectivity index (χ0v) is 11.0. The fourth-order valence-electron chi connectivity index (χ4n) is 1.77. The predicted molar refractivity (Wildman–Crippen MR) is 71.5 cm³/mol. The molecule has 0 aliphatic carbocycles. The molecular formula is C13H22N4. The number of aryl methyl sites for hydroxylation is 1. The van der Waals surface area contributed by atoms with Crippen molar-refractivity contribution in [2.45, 2.75) is 33.6 Å². The molecule has 2 heterocycles. The van der Waals surface area contributed by atoms with Gasteiger partial charge in [0.25, 0.3) is 0 Å². The number of hydrogen-bond donors (Lipinski definition) is 1. The van der Waals surface area contributed by atoms with Gasteiger partial charge in [0.15, 0.2) is 0 Å². The van der Waals surface area contributed by atoms with Crippen molar-refractivity contribution in [2.75, 3.05) is 29.9 Å². The van der Waals surface area contributed by atoms with Crippen molar-refractivity contribution in [2.24, 2.45) is 5.92 Å². The highest BCUT2D eigenvalue weighted by Crippen LogP contribution is 2.20. The zero-order valence-electron chi connectivity index (χ0n) is 11.0. The third-order valence-electron chi connectivity index (χ3n) is 3.33. The highest BCUT2D eigenvalue weighted by molar-refractivity contribution is 5.50. The fraction of sp³-hybridized carbons (Fsp3) is 0.692. The van der Waals surface area contributed by atoms with Crippen molar-refractivity contribution < 1.29 is 0 Å². The van der Waals surface area contributed by atoms with Crippen LogP contribution in [0.25, 0.3) is 0 Å². The van der Waals surface area contributed by atoms with Crippen LogP contribution in [0.4, 0.5) is 11.6 Å². The number of nitrogens with one attached hydrogen (secondary N) is 1. The third kappa shape index (κ3) is 3.08. The molecule has 1 saturated heterocycles. The van der Waals surface area contributed by atoms with Gasteiger partial charge in [0, 0.05) is 25.7 Å². The molecule has 0 amide bonds. The number of nitrogens with zero attached hydrogens (tertiary/aromatic N) is 3. The predicted octanol–water partition coefficient (Wildman–Crippen LogP) is 2.45. The van der Waals surface area contributed by atoms with E-state index in [1.54, 1.807) is 0 Å². The Labute approximate surface area is 103 Å². The lowest BCUT2D eigenvalue weighted by Crippen LogP contribution is -2.37. The number of anilines is 2. The van der Waals surface area contributed by atoms with E-state index in [4.69, 9.17) is 0 Å². The van der Waals surface area contributed by atoms with Crippen LogP contribution in [0.2, 0.25) is 0 Å². The third-order valence-corrected chi connectivity index (χ3v) is 3.33. The molecular weight excluding hydrogens is 212 g/mol. The Morgan fingerprint density at radius 3 is 2.76 bits per heavy atom. The van der Waals surface area contributed by atoms with E-state index >= 15 is 0 Å². The van der Waals surface area contributed by atoms with Gasteiger partial charge in [-0.2, -0.15) is 0 Å². The molecule has 1 aromatic rings. The van der Waals surface area contributed by atoms with Crippen molar-refractivity contribution in [1.29, 1.82) is 0 Å². The van der Waals surface area contributed by atoms with Gasteiger partial charge in [-0.1, -0.05) is 20.3 Å². The normalized spacial score (nSPS) is 16.5. The maximum Gasteiger partial charge on any atom is 0.134 e. The Kier molecular flexibility index (Phi) is 3.82. The van der Waals surface area contributed by atoms with Crippen LogP contribution in [0.1, 0.15) is 32.5 Å². The summed E-state index contributed by atoms with van der Waals surface area (Å²) in [5.74, 6) is 3.55. The molecule has 0 saturated carbocycles. The van der Waals surface area contributed by atoms with Gasteiger partial charge in [0.05, 0.1) is 0 Å². The van der Waals surface area contributed by atoms with E-state index in [9.17, 15) is 0 Å². The van der Waals surface area contributed by atoms with Gasteiger partial charge in [-0.05, 0) is 19.3 Å². The standard InChI is InChI=1S/C13H22N4/c1-4-10(2)9-14-12-8-13(16-11(3)15-12)17-6-5-7-17/h8,10H,4-7,9H2,1-3H3,(H,14,15,16). The summed E-state index contributed by atoms with van der Waals surface area (Å²) in [6, 6.07) is 2.06. The van der Waals surface area contributed by atoms with E-state index in [1.165, 1.54) is 12.8 Å². The molecule has 0 radical (unpaired) electrons. The zero-order chi connectivity index (χ0) is 12.3. The van der Waals surface area contributed by atoms with Crippen molar-refractivity contribution >= 4 is 11.6 Å². The SMILES string of the molecule is CCC(C)CNc1cc(N2CCC2)nc(C)n1. The highest BCUT2D eigenvalue weighted by atomic mass is 15.2. The van der Waals surface area contributed by atoms with E-state index in [0.717, 1.165) is 37.1 Å². The Bertz CT molecular complexity index is 374. The van der Waals surface area contributed by atoms with Gasteiger partial charge >= 0.3 is 0 Å². The molecule has 1 unspecified atom stereocenters. The highest BCUT2D eigenvalue weighted by Gasteiger charge is 2.16. The summed E-state index contributed by atoms with van der Waals surface area (Å²) in [6.45, 7) is 9.65. The molecule has 17 heavy (non-hydrogen) atoms. The molecule has 1 aliphatic rings. The second-order valence-corrected chi connectivity index (χ2v) is 4.89. The first kappa shape index (κ1) is 12.1. The van der Waals surface area contributed by atoms with E-state index in [-0.39, 0.29) is 0 Å². The van der Waals surface area contributed by atoms with Crippen LogP contribution in [0.5, 0.6) is 0 Å². The van der Waals surface area contributed by atoms with Crippen LogP contribution in [0.15, 0.2) is 6.07 Å². The van der Waals surface area contributed by atoms with Gasteiger partial charge in [-0.3, -0.25) is 0 Å². The molecule has 1 aromatic heterocycles. The summed E-state index contributed by atoms with van der Waals surface area (Å²) in [6.07, 6.45) is 2.47. The first-order chi connectivity index (χ1) is 8.19. The van der Waals surface area contributed by atoms with Crippen molar-refractivity contribution in [3.8, 4) is 0 Å². The Balaban J connectivity index is 2.03. The molecule has 4 heteroatoms. The monoisotopic (exact) mass is 234 g/mol. The smallest absolute Gasteiger partial charge is 0.134 e. The van der Waals surface area contributed by atoms with E-state index in [1.807, 2.05) is 6.92 Å². The molecule has 1 N–H and O–H groups in total. The summed E-state index contributed by atoms with van der Waals surface area (Å²) in [5.41, 5.74) is 0. The van der Waals surface area contributed by atoms with E-state index in [2.05, 4.69) is 40.1 Å². The van der Waals surface area contributed by atoms with Crippen LogP contribution >= 0.6 is 0 Å². The quantitative estimate of drug-likeness (QED) is 0.849. The maximum atomic E-state index is 4.48. The minimum Gasteiger partial charge on any atom is -0.370 e. The van der Waals surface area contributed by atoms with Crippen LogP contribution in [0.3, 0.4) is 0 Å². The first-order valence-corrected chi connectivity index (χ1v) is 6.53. The lowest BCUT2D eigenvalue weighted by atomic mass is 10.1. The van der Waals surface area contributed by atoms with E-state index < -0.39 is 0 Å². The van der Waals surface area contributed by atoms with Gasteiger partial charge in [-0.15, -0.1) is 0 Å². The number of rotatable bonds is 5. The molecule has 1 aliphatic heterocycles. The van der Waals surface area contributed by atoms with Gasteiger partial charge in [0.1, 0.15) is 17.5 Å². The molecule has 1 fully saturated rings. The van der Waals surface area contributed by atoms with Crippen molar-refractivity contribution in [3.05, 3.63) is 11.9 Å². The average Bonchev–Trinajstić information content (AvgIpc) is 2.22.